The Balaban J connectivity index is 2.31. The van der Waals surface area contributed by atoms with Gasteiger partial charge in [-0.3, -0.25) is 0 Å². The van der Waals surface area contributed by atoms with Crippen molar-refractivity contribution >= 4 is 5.57 Å². The maximum Gasteiger partial charge on any atom is -0.0185 e. The number of allylic oxidation sites excluding steroid dienone is 2. The summed E-state index contributed by atoms with van der Waals surface area (Å²) in [6, 6.07) is 10.7. The highest BCUT2D eigenvalue weighted by atomic mass is 14.2. The third kappa shape index (κ3) is 1.29. The molecule has 0 amide bonds. The lowest BCUT2D eigenvalue weighted by Gasteiger charge is -2.08. The van der Waals surface area contributed by atoms with E-state index in [0.29, 0.717) is 0 Å². The number of rotatable bonds is 1. The Kier molecular flexibility index (Phi) is 1.99. The van der Waals surface area contributed by atoms with Crippen LogP contribution in [0.15, 0.2) is 36.4 Å². The molecule has 0 saturated carbocycles. The fraction of sp³-hybridized carbons (Fsp3) is 0.333. The van der Waals surface area contributed by atoms with E-state index in [4.69, 9.17) is 0 Å². The monoisotopic (exact) mass is 158 g/mol. The standard InChI is InChI=1S/C12H14/c1-10-6-5-9-12(10)11-7-3-2-4-8-11/h2-4,7-10H,5-6H2,1H3. The highest BCUT2D eigenvalue weighted by molar-refractivity contribution is 5.68. The van der Waals surface area contributed by atoms with Crippen LogP contribution in [0.5, 0.6) is 0 Å². The van der Waals surface area contributed by atoms with Crippen molar-refractivity contribution < 1.29 is 0 Å². The Morgan fingerprint density at radius 2 is 1.92 bits per heavy atom. The fourth-order valence-electron chi connectivity index (χ4n) is 1.88. The molecule has 0 aromatic heterocycles. The molecule has 12 heavy (non-hydrogen) atoms. The van der Waals surface area contributed by atoms with E-state index in [2.05, 4.69) is 43.3 Å². The molecule has 1 aliphatic rings. The summed E-state index contributed by atoms with van der Waals surface area (Å²) in [5.41, 5.74) is 2.94. The van der Waals surface area contributed by atoms with Crippen molar-refractivity contribution in [1.29, 1.82) is 0 Å². The maximum atomic E-state index is 2.38. The zero-order valence-corrected chi connectivity index (χ0v) is 7.46. The van der Waals surface area contributed by atoms with Gasteiger partial charge in [0.1, 0.15) is 0 Å². The van der Waals surface area contributed by atoms with Crippen molar-refractivity contribution in [3.63, 3.8) is 0 Å². The van der Waals surface area contributed by atoms with E-state index in [1.165, 1.54) is 24.0 Å². The van der Waals surface area contributed by atoms with E-state index in [1.54, 1.807) is 0 Å². The van der Waals surface area contributed by atoms with Gasteiger partial charge in [-0.25, -0.2) is 0 Å². The van der Waals surface area contributed by atoms with Crippen molar-refractivity contribution in [2.24, 2.45) is 5.92 Å². The third-order valence-electron chi connectivity index (χ3n) is 2.60. The average Bonchev–Trinajstić information content (AvgIpc) is 2.53. The zero-order valence-electron chi connectivity index (χ0n) is 7.46. The van der Waals surface area contributed by atoms with Gasteiger partial charge in [0.25, 0.3) is 0 Å². The second-order valence-electron chi connectivity index (χ2n) is 3.50. The molecule has 0 N–H and O–H groups in total. The topological polar surface area (TPSA) is 0 Å². The first-order chi connectivity index (χ1) is 5.88. The number of benzene rings is 1. The normalized spacial score (nSPS) is 22.4. The van der Waals surface area contributed by atoms with Gasteiger partial charge in [0.15, 0.2) is 0 Å². The highest BCUT2D eigenvalue weighted by Gasteiger charge is 2.14. The molecule has 0 fully saturated rings. The Hall–Kier alpha value is -1.04. The minimum absolute atomic E-state index is 0.757. The lowest BCUT2D eigenvalue weighted by molar-refractivity contribution is 0.715. The molecule has 1 atom stereocenters. The van der Waals surface area contributed by atoms with Crippen LogP contribution in [0, 0.1) is 5.92 Å². The molecule has 1 aromatic rings. The van der Waals surface area contributed by atoms with E-state index in [-0.39, 0.29) is 0 Å². The molecular weight excluding hydrogens is 144 g/mol. The Bertz CT molecular complexity index is 282. The molecule has 0 aliphatic heterocycles. The van der Waals surface area contributed by atoms with Gasteiger partial charge in [-0.1, -0.05) is 43.3 Å². The van der Waals surface area contributed by atoms with Gasteiger partial charge in [-0.15, -0.1) is 0 Å². The van der Waals surface area contributed by atoms with E-state index in [9.17, 15) is 0 Å². The summed E-state index contributed by atoms with van der Waals surface area (Å²) >= 11 is 0. The van der Waals surface area contributed by atoms with Crippen LogP contribution in [0.1, 0.15) is 25.3 Å². The first kappa shape index (κ1) is 7.60. The Labute approximate surface area is 73.9 Å². The summed E-state index contributed by atoms with van der Waals surface area (Å²) in [4.78, 5) is 0. The van der Waals surface area contributed by atoms with E-state index in [0.717, 1.165) is 5.92 Å². The summed E-state index contributed by atoms with van der Waals surface area (Å²) in [6.45, 7) is 2.31. The van der Waals surface area contributed by atoms with Crippen LogP contribution in [0.3, 0.4) is 0 Å². The van der Waals surface area contributed by atoms with Gasteiger partial charge < -0.3 is 0 Å². The first-order valence-electron chi connectivity index (χ1n) is 4.63. The van der Waals surface area contributed by atoms with Gasteiger partial charge >= 0.3 is 0 Å². The van der Waals surface area contributed by atoms with Crippen LogP contribution in [-0.4, -0.2) is 0 Å². The predicted molar refractivity (Wildman–Crippen MR) is 52.8 cm³/mol. The molecule has 1 aromatic carbocycles. The lowest BCUT2D eigenvalue weighted by atomic mass is 9.97. The van der Waals surface area contributed by atoms with Gasteiger partial charge in [0.2, 0.25) is 0 Å². The summed E-state index contributed by atoms with van der Waals surface area (Å²) in [6.07, 6.45) is 4.95. The van der Waals surface area contributed by atoms with Crippen LogP contribution in [0.4, 0.5) is 0 Å². The Morgan fingerprint density at radius 1 is 1.17 bits per heavy atom. The second-order valence-corrected chi connectivity index (χ2v) is 3.50. The molecule has 1 unspecified atom stereocenters. The van der Waals surface area contributed by atoms with E-state index >= 15 is 0 Å². The van der Waals surface area contributed by atoms with E-state index in [1.807, 2.05) is 0 Å². The van der Waals surface area contributed by atoms with Crippen molar-refractivity contribution in [3.8, 4) is 0 Å². The average molecular weight is 158 g/mol. The van der Waals surface area contributed by atoms with Crippen molar-refractivity contribution in [1.82, 2.24) is 0 Å². The largest absolute Gasteiger partial charge is 0.0804 e. The summed E-state index contributed by atoms with van der Waals surface area (Å²) in [7, 11) is 0. The van der Waals surface area contributed by atoms with Crippen LogP contribution >= 0.6 is 0 Å². The maximum absolute atomic E-state index is 2.38. The fourth-order valence-corrected chi connectivity index (χ4v) is 1.88. The molecule has 0 bridgehead atoms. The highest BCUT2D eigenvalue weighted by Crippen LogP contribution is 2.32. The molecule has 0 radical (unpaired) electrons. The van der Waals surface area contributed by atoms with E-state index < -0.39 is 0 Å². The minimum atomic E-state index is 0.757. The molecule has 62 valence electrons. The quantitative estimate of drug-likeness (QED) is 0.586. The molecule has 2 rings (SSSR count). The third-order valence-corrected chi connectivity index (χ3v) is 2.60. The van der Waals surface area contributed by atoms with Crippen LogP contribution < -0.4 is 0 Å². The van der Waals surface area contributed by atoms with Crippen molar-refractivity contribution in [3.05, 3.63) is 42.0 Å². The zero-order chi connectivity index (χ0) is 8.39. The SMILES string of the molecule is CC1CCC=C1c1ccccc1. The van der Waals surface area contributed by atoms with Gasteiger partial charge in [-0.2, -0.15) is 0 Å². The van der Waals surface area contributed by atoms with Crippen LogP contribution in [-0.2, 0) is 0 Å². The van der Waals surface area contributed by atoms with Gasteiger partial charge in [0, 0.05) is 0 Å². The molecule has 0 spiro atoms. The molecule has 0 heteroatoms. The smallest absolute Gasteiger partial charge is 0.0185 e. The number of hydrogen-bond acceptors (Lipinski definition) is 0. The molecule has 0 saturated heterocycles. The van der Waals surface area contributed by atoms with Gasteiger partial charge in [-0.05, 0) is 29.9 Å². The number of hydrogen-bond donors (Lipinski definition) is 0. The molecule has 1 aliphatic carbocycles. The first-order valence-corrected chi connectivity index (χ1v) is 4.63. The summed E-state index contributed by atoms with van der Waals surface area (Å²) in [5, 5.41) is 0. The minimum Gasteiger partial charge on any atom is -0.0804 e. The lowest BCUT2D eigenvalue weighted by Crippen LogP contribution is -1.91. The molecular formula is C12H14. The second kappa shape index (κ2) is 3.14. The van der Waals surface area contributed by atoms with Crippen LogP contribution in [0.25, 0.3) is 5.57 Å². The molecule has 0 heterocycles. The Morgan fingerprint density at radius 3 is 2.50 bits per heavy atom. The summed E-state index contributed by atoms with van der Waals surface area (Å²) in [5.74, 6) is 0.757. The van der Waals surface area contributed by atoms with Gasteiger partial charge in [0.05, 0.1) is 0 Å². The molecule has 0 nitrogen and oxygen atoms in total. The van der Waals surface area contributed by atoms with Crippen LogP contribution in [0.2, 0.25) is 0 Å². The van der Waals surface area contributed by atoms with Crippen molar-refractivity contribution in [2.75, 3.05) is 0 Å². The van der Waals surface area contributed by atoms with Crippen molar-refractivity contribution in [2.45, 2.75) is 19.8 Å². The summed E-state index contributed by atoms with van der Waals surface area (Å²) < 4.78 is 0. The predicted octanol–water partition coefficient (Wildman–Crippen LogP) is 3.50.